The number of rotatable bonds is 6. The summed E-state index contributed by atoms with van der Waals surface area (Å²) in [7, 11) is 0. The second-order valence-electron chi connectivity index (χ2n) is 5.60. The summed E-state index contributed by atoms with van der Waals surface area (Å²) in [6, 6.07) is 0. The molecule has 0 saturated carbocycles. The molecule has 0 aromatic carbocycles. The molecule has 0 aliphatic heterocycles. The molecule has 9 heteroatoms. The molecular formula is C16H14O9. The molecule has 0 fully saturated rings. The average molecular weight is 350 g/mol. The molecule has 0 saturated heterocycles. The second-order valence-corrected chi connectivity index (χ2v) is 5.60. The number of aliphatic carboxylic acids is 4. The van der Waals surface area contributed by atoms with E-state index in [0.29, 0.717) is 0 Å². The lowest BCUT2D eigenvalue weighted by Crippen LogP contribution is -2.40. The normalized spacial score (nSPS) is 20.2. The first kappa shape index (κ1) is 18.0. The van der Waals surface area contributed by atoms with Crippen LogP contribution in [0.15, 0.2) is 48.0 Å². The van der Waals surface area contributed by atoms with Crippen LogP contribution < -0.4 is 0 Å². The van der Waals surface area contributed by atoms with Gasteiger partial charge in [-0.05, 0) is 12.2 Å². The molecule has 0 atom stereocenters. The van der Waals surface area contributed by atoms with Crippen LogP contribution in [0, 0.1) is 10.8 Å². The Hall–Kier alpha value is -3.36. The van der Waals surface area contributed by atoms with E-state index in [-0.39, 0.29) is 11.5 Å². The summed E-state index contributed by atoms with van der Waals surface area (Å²) in [5, 5.41) is 36.9. The fourth-order valence-corrected chi connectivity index (χ4v) is 2.50. The van der Waals surface area contributed by atoms with Crippen molar-refractivity contribution in [3.63, 3.8) is 0 Å². The highest BCUT2D eigenvalue weighted by Crippen LogP contribution is 2.38. The molecule has 2 aliphatic carbocycles. The fraction of sp³-hybridized carbons (Fsp3) is 0.250. The van der Waals surface area contributed by atoms with Crippen molar-refractivity contribution in [2.45, 2.75) is 12.8 Å². The second kappa shape index (κ2) is 6.27. The predicted molar refractivity (Wildman–Crippen MR) is 80.2 cm³/mol. The molecule has 0 spiro atoms. The Bertz CT molecular complexity index is 674. The number of ether oxygens (including phenoxy) is 1. The van der Waals surface area contributed by atoms with Gasteiger partial charge < -0.3 is 25.2 Å². The van der Waals surface area contributed by atoms with E-state index in [1.54, 1.807) is 0 Å². The van der Waals surface area contributed by atoms with Gasteiger partial charge in [0, 0.05) is 12.8 Å². The first-order valence-electron chi connectivity index (χ1n) is 7.02. The molecule has 2 rings (SSSR count). The van der Waals surface area contributed by atoms with Gasteiger partial charge in [0.15, 0.2) is 10.8 Å². The minimum absolute atomic E-state index is 0.0291. The summed E-state index contributed by atoms with van der Waals surface area (Å²) in [6.07, 6.45) is 6.13. The standard InChI is InChI=1S/C16H14O9/c17-11(18)15(12(19)20)5-1-3-9(7-15)25-10-4-2-6-16(8-10,13(21)22)14(23)24/h1-6H,7-8H2,(H,17,18)(H,19,20)(H,21,22)(H,23,24). The summed E-state index contributed by atoms with van der Waals surface area (Å²) >= 11 is 0. The molecule has 0 radical (unpaired) electrons. The van der Waals surface area contributed by atoms with Gasteiger partial charge in [-0.1, -0.05) is 24.3 Å². The van der Waals surface area contributed by atoms with Crippen molar-refractivity contribution in [2.24, 2.45) is 10.8 Å². The van der Waals surface area contributed by atoms with Crippen LogP contribution in [0.1, 0.15) is 12.8 Å². The monoisotopic (exact) mass is 350 g/mol. The quantitative estimate of drug-likeness (QED) is 0.513. The van der Waals surface area contributed by atoms with Crippen LogP contribution in [-0.2, 0) is 23.9 Å². The summed E-state index contributed by atoms with van der Waals surface area (Å²) in [6.45, 7) is 0. The third-order valence-electron chi connectivity index (χ3n) is 4.02. The van der Waals surface area contributed by atoms with Crippen LogP contribution in [0.3, 0.4) is 0 Å². The number of carboxylic acid groups (broad SMARTS) is 4. The van der Waals surface area contributed by atoms with Crippen LogP contribution in [0.4, 0.5) is 0 Å². The largest absolute Gasteiger partial charge is 0.480 e. The summed E-state index contributed by atoms with van der Waals surface area (Å²) in [4.78, 5) is 45.4. The molecule has 0 aromatic heterocycles. The van der Waals surface area contributed by atoms with Crippen LogP contribution in [0.5, 0.6) is 0 Å². The number of carboxylic acids is 4. The number of hydrogen-bond donors (Lipinski definition) is 4. The molecule has 4 N–H and O–H groups in total. The van der Waals surface area contributed by atoms with E-state index in [2.05, 4.69) is 0 Å². The average Bonchev–Trinajstić information content (AvgIpc) is 2.54. The van der Waals surface area contributed by atoms with Crippen LogP contribution in [0.25, 0.3) is 0 Å². The topological polar surface area (TPSA) is 158 Å². The van der Waals surface area contributed by atoms with Gasteiger partial charge in [-0.25, -0.2) is 0 Å². The van der Waals surface area contributed by atoms with Gasteiger partial charge in [-0.3, -0.25) is 19.2 Å². The summed E-state index contributed by atoms with van der Waals surface area (Å²) < 4.78 is 5.41. The van der Waals surface area contributed by atoms with E-state index in [9.17, 15) is 39.6 Å². The molecule has 2 aliphatic rings. The zero-order valence-corrected chi connectivity index (χ0v) is 12.7. The van der Waals surface area contributed by atoms with Crippen LogP contribution in [0.2, 0.25) is 0 Å². The third-order valence-corrected chi connectivity index (χ3v) is 4.02. The maximum absolute atomic E-state index is 11.3. The highest BCUT2D eigenvalue weighted by molar-refractivity contribution is 6.02. The minimum atomic E-state index is -2.20. The van der Waals surface area contributed by atoms with E-state index in [0.717, 1.165) is 12.2 Å². The van der Waals surface area contributed by atoms with E-state index in [1.165, 1.54) is 24.3 Å². The van der Waals surface area contributed by atoms with Crippen LogP contribution in [-0.4, -0.2) is 44.3 Å². The number of carbonyl (C=O) groups is 4. The zero-order valence-electron chi connectivity index (χ0n) is 12.7. The fourth-order valence-electron chi connectivity index (χ4n) is 2.50. The first-order chi connectivity index (χ1) is 11.6. The van der Waals surface area contributed by atoms with Gasteiger partial charge in [0.2, 0.25) is 0 Å². The molecule has 132 valence electrons. The molecule has 0 aromatic rings. The van der Waals surface area contributed by atoms with Crippen molar-refractivity contribution in [3.05, 3.63) is 48.0 Å². The highest BCUT2D eigenvalue weighted by atomic mass is 16.5. The molecule has 25 heavy (non-hydrogen) atoms. The summed E-state index contributed by atoms with van der Waals surface area (Å²) in [5.41, 5.74) is -4.41. The van der Waals surface area contributed by atoms with E-state index >= 15 is 0 Å². The lowest BCUT2D eigenvalue weighted by molar-refractivity contribution is -0.162. The smallest absolute Gasteiger partial charge is 0.325 e. The minimum Gasteiger partial charge on any atom is -0.480 e. The van der Waals surface area contributed by atoms with Crippen molar-refractivity contribution < 1.29 is 44.3 Å². The van der Waals surface area contributed by atoms with E-state index < -0.39 is 47.5 Å². The molecule has 0 amide bonds. The van der Waals surface area contributed by atoms with Crippen LogP contribution >= 0.6 is 0 Å². The number of hydrogen-bond acceptors (Lipinski definition) is 5. The Morgan fingerprint density at radius 3 is 1.32 bits per heavy atom. The van der Waals surface area contributed by atoms with Crippen molar-refractivity contribution in [1.29, 1.82) is 0 Å². The van der Waals surface area contributed by atoms with E-state index in [1.807, 2.05) is 0 Å². The summed E-state index contributed by atoms with van der Waals surface area (Å²) in [5.74, 6) is -6.36. The third kappa shape index (κ3) is 3.03. The Kier molecular flexibility index (Phi) is 4.51. The van der Waals surface area contributed by atoms with E-state index in [4.69, 9.17) is 4.74 Å². The molecule has 0 heterocycles. The predicted octanol–water partition coefficient (Wildman–Crippen LogP) is 1.00. The Morgan fingerprint density at radius 1 is 0.720 bits per heavy atom. The maximum Gasteiger partial charge on any atom is 0.325 e. The first-order valence-corrected chi connectivity index (χ1v) is 7.02. The Labute approximate surface area is 140 Å². The highest BCUT2D eigenvalue weighted by Gasteiger charge is 2.48. The molecule has 0 unspecified atom stereocenters. The van der Waals surface area contributed by atoms with Crippen molar-refractivity contribution in [2.75, 3.05) is 0 Å². The van der Waals surface area contributed by atoms with Gasteiger partial charge in [-0.15, -0.1) is 0 Å². The SMILES string of the molecule is O=C(O)C1(C(=O)O)C=CC=C(OC2=CC=CC(C(=O)O)(C(=O)O)C2)C1. The number of allylic oxidation sites excluding steroid dienone is 6. The van der Waals surface area contributed by atoms with Gasteiger partial charge in [-0.2, -0.15) is 0 Å². The molecular weight excluding hydrogens is 336 g/mol. The Morgan fingerprint density at radius 2 is 1.04 bits per heavy atom. The van der Waals surface area contributed by atoms with Gasteiger partial charge in [0.25, 0.3) is 0 Å². The van der Waals surface area contributed by atoms with Crippen molar-refractivity contribution in [1.82, 2.24) is 0 Å². The van der Waals surface area contributed by atoms with Crippen molar-refractivity contribution >= 4 is 23.9 Å². The molecule has 9 nitrogen and oxygen atoms in total. The lowest BCUT2D eigenvalue weighted by Gasteiger charge is -2.28. The van der Waals surface area contributed by atoms with Crippen molar-refractivity contribution in [3.8, 4) is 0 Å². The molecule has 0 bridgehead atoms. The Balaban J connectivity index is 2.24. The van der Waals surface area contributed by atoms with Gasteiger partial charge in [0.05, 0.1) is 0 Å². The zero-order chi connectivity index (χ0) is 18.8. The lowest BCUT2D eigenvalue weighted by atomic mass is 9.80. The van der Waals surface area contributed by atoms with Gasteiger partial charge >= 0.3 is 23.9 Å². The van der Waals surface area contributed by atoms with Gasteiger partial charge in [0.1, 0.15) is 11.5 Å². The maximum atomic E-state index is 11.3.